The minimum absolute atomic E-state index is 0.421. The zero-order valence-electron chi connectivity index (χ0n) is 5.70. The van der Waals surface area contributed by atoms with Crippen molar-refractivity contribution in [1.82, 2.24) is 5.32 Å². The molecule has 0 amide bonds. The van der Waals surface area contributed by atoms with Gasteiger partial charge in [0.1, 0.15) is 0 Å². The Morgan fingerprint density at radius 2 is 2.22 bits per heavy atom. The van der Waals surface area contributed by atoms with E-state index in [1.165, 1.54) is 12.8 Å². The molecule has 1 nitrogen and oxygen atoms in total. The third-order valence-corrected chi connectivity index (χ3v) is 1.96. The topological polar surface area (TPSA) is 21.9 Å². The highest BCUT2D eigenvalue weighted by Gasteiger charge is 2.35. The molecule has 1 unspecified atom stereocenters. The lowest BCUT2D eigenvalue weighted by molar-refractivity contribution is 0.781. The van der Waals surface area contributed by atoms with Crippen molar-refractivity contribution >= 4 is 0 Å². The molecule has 1 saturated heterocycles. The highest BCUT2D eigenvalue weighted by Crippen LogP contribution is 2.44. The normalized spacial score (nSPS) is 34.6. The fourth-order valence-electron chi connectivity index (χ4n) is 0.735. The molecule has 2 rings (SSSR count). The summed E-state index contributed by atoms with van der Waals surface area (Å²) in [6.07, 6.45) is 2.62. The Bertz CT molecular complexity index is 176. The van der Waals surface area contributed by atoms with Crippen molar-refractivity contribution in [2.75, 3.05) is 6.54 Å². The van der Waals surface area contributed by atoms with Gasteiger partial charge in [-0.3, -0.25) is 0 Å². The summed E-state index contributed by atoms with van der Waals surface area (Å²) in [5.41, 5.74) is 0.421. The Morgan fingerprint density at radius 3 is 2.67 bits per heavy atom. The standard InChI is InChI=1S/C8H11N/c1-8(4-5-8)3-2-7-6-9-7/h7,9H,4-6H2,1H3. The molecule has 0 aromatic rings. The van der Waals surface area contributed by atoms with Crippen LogP contribution in [0, 0.1) is 17.3 Å². The number of rotatable bonds is 0. The Labute approximate surface area is 55.8 Å². The van der Waals surface area contributed by atoms with Crippen LogP contribution < -0.4 is 5.32 Å². The third-order valence-electron chi connectivity index (χ3n) is 1.96. The van der Waals surface area contributed by atoms with Crippen LogP contribution in [-0.2, 0) is 0 Å². The van der Waals surface area contributed by atoms with Crippen LogP contribution in [0.3, 0.4) is 0 Å². The van der Waals surface area contributed by atoms with Crippen LogP contribution in [0.15, 0.2) is 0 Å². The number of hydrogen-bond acceptors (Lipinski definition) is 1. The van der Waals surface area contributed by atoms with E-state index in [1.807, 2.05) is 0 Å². The Balaban J connectivity index is 1.94. The Hall–Kier alpha value is -0.480. The Kier molecular flexibility index (Phi) is 0.896. The Morgan fingerprint density at radius 1 is 1.56 bits per heavy atom. The van der Waals surface area contributed by atoms with Crippen molar-refractivity contribution in [2.24, 2.45) is 5.41 Å². The van der Waals surface area contributed by atoms with Crippen LogP contribution in [0.4, 0.5) is 0 Å². The summed E-state index contributed by atoms with van der Waals surface area (Å²) in [5, 5.41) is 3.16. The van der Waals surface area contributed by atoms with Crippen molar-refractivity contribution in [2.45, 2.75) is 25.8 Å². The first-order valence-electron chi connectivity index (χ1n) is 3.55. The number of nitrogens with one attached hydrogen (secondary N) is 1. The van der Waals surface area contributed by atoms with E-state index in [0.29, 0.717) is 11.5 Å². The molecule has 0 bridgehead atoms. The first kappa shape index (κ1) is 5.32. The van der Waals surface area contributed by atoms with E-state index in [9.17, 15) is 0 Å². The van der Waals surface area contributed by atoms with Gasteiger partial charge in [0.25, 0.3) is 0 Å². The van der Waals surface area contributed by atoms with Crippen LogP contribution in [0.5, 0.6) is 0 Å². The van der Waals surface area contributed by atoms with Gasteiger partial charge in [-0.05, 0) is 19.8 Å². The smallest absolute Gasteiger partial charge is 0.0817 e. The highest BCUT2D eigenvalue weighted by atomic mass is 15.1. The van der Waals surface area contributed by atoms with Gasteiger partial charge in [0.15, 0.2) is 0 Å². The van der Waals surface area contributed by atoms with E-state index >= 15 is 0 Å². The summed E-state index contributed by atoms with van der Waals surface area (Å²) in [4.78, 5) is 0. The summed E-state index contributed by atoms with van der Waals surface area (Å²) >= 11 is 0. The highest BCUT2D eigenvalue weighted by molar-refractivity contribution is 5.23. The molecule has 0 aromatic carbocycles. The fourth-order valence-corrected chi connectivity index (χ4v) is 0.735. The lowest BCUT2D eigenvalue weighted by atomic mass is 10.1. The van der Waals surface area contributed by atoms with Crippen molar-refractivity contribution in [3.8, 4) is 11.8 Å². The van der Waals surface area contributed by atoms with E-state index in [2.05, 4.69) is 24.1 Å². The van der Waals surface area contributed by atoms with Gasteiger partial charge in [0.05, 0.1) is 6.04 Å². The molecule has 1 saturated carbocycles. The van der Waals surface area contributed by atoms with Gasteiger partial charge >= 0.3 is 0 Å². The SMILES string of the molecule is CC1(C#CC2CN2)CC1. The summed E-state index contributed by atoms with van der Waals surface area (Å²) in [7, 11) is 0. The van der Waals surface area contributed by atoms with E-state index in [0.717, 1.165) is 6.54 Å². The van der Waals surface area contributed by atoms with E-state index in [1.54, 1.807) is 0 Å². The van der Waals surface area contributed by atoms with Crippen LogP contribution in [-0.4, -0.2) is 12.6 Å². The van der Waals surface area contributed by atoms with Gasteiger partial charge in [0.2, 0.25) is 0 Å². The maximum Gasteiger partial charge on any atom is 0.0817 e. The monoisotopic (exact) mass is 121 g/mol. The molecule has 0 radical (unpaired) electrons. The second-order valence-electron chi connectivity index (χ2n) is 3.29. The molecular weight excluding hydrogens is 110 g/mol. The van der Waals surface area contributed by atoms with Gasteiger partial charge in [-0.15, -0.1) is 0 Å². The molecule has 1 N–H and O–H groups in total. The van der Waals surface area contributed by atoms with Crippen molar-refractivity contribution in [1.29, 1.82) is 0 Å². The third kappa shape index (κ3) is 1.25. The maximum atomic E-state index is 3.28. The molecule has 1 aliphatic carbocycles. The predicted molar refractivity (Wildman–Crippen MR) is 36.9 cm³/mol. The van der Waals surface area contributed by atoms with Crippen LogP contribution in [0.25, 0.3) is 0 Å². The maximum absolute atomic E-state index is 3.28. The quantitative estimate of drug-likeness (QED) is 0.371. The zero-order chi connectivity index (χ0) is 6.32. The molecular formula is C8H11N. The van der Waals surface area contributed by atoms with Crippen molar-refractivity contribution < 1.29 is 0 Å². The molecule has 1 heterocycles. The molecule has 0 aromatic heterocycles. The van der Waals surface area contributed by atoms with Gasteiger partial charge in [-0.1, -0.05) is 11.8 Å². The van der Waals surface area contributed by atoms with Crippen molar-refractivity contribution in [3.05, 3.63) is 0 Å². The van der Waals surface area contributed by atoms with Gasteiger partial charge < -0.3 is 5.32 Å². The molecule has 1 heteroatoms. The molecule has 9 heavy (non-hydrogen) atoms. The number of hydrogen-bond donors (Lipinski definition) is 1. The van der Waals surface area contributed by atoms with E-state index < -0.39 is 0 Å². The average Bonchev–Trinajstić information content (AvgIpc) is 2.58. The molecule has 2 aliphatic rings. The van der Waals surface area contributed by atoms with Gasteiger partial charge in [0, 0.05) is 12.0 Å². The minimum atomic E-state index is 0.421. The molecule has 0 spiro atoms. The summed E-state index contributed by atoms with van der Waals surface area (Å²) in [5.74, 6) is 6.48. The first-order valence-corrected chi connectivity index (χ1v) is 3.55. The average molecular weight is 121 g/mol. The van der Waals surface area contributed by atoms with Crippen LogP contribution in [0.2, 0.25) is 0 Å². The largest absolute Gasteiger partial charge is 0.300 e. The molecule has 1 aliphatic heterocycles. The van der Waals surface area contributed by atoms with E-state index in [4.69, 9.17) is 0 Å². The molecule has 2 fully saturated rings. The second-order valence-corrected chi connectivity index (χ2v) is 3.29. The fraction of sp³-hybridized carbons (Fsp3) is 0.750. The summed E-state index contributed by atoms with van der Waals surface area (Å²) in [6.45, 7) is 3.35. The minimum Gasteiger partial charge on any atom is -0.300 e. The summed E-state index contributed by atoms with van der Waals surface area (Å²) in [6, 6.07) is 0.544. The second kappa shape index (κ2) is 1.52. The van der Waals surface area contributed by atoms with Gasteiger partial charge in [-0.25, -0.2) is 0 Å². The van der Waals surface area contributed by atoms with Gasteiger partial charge in [-0.2, -0.15) is 0 Å². The lowest BCUT2D eigenvalue weighted by Crippen LogP contribution is -1.88. The molecule has 48 valence electrons. The predicted octanol–water partition coefficient (Wildman–Crippen LogP) is 0.762. The van der Waals surface area contributed by atoms with Crippen LogP contribution in [0.1, 0.15) is 19.8 Å². The van der Waals surface area contributed by atoms with Crippen molar-refractivity contribution in [3.63, 3.8) is 0 Å². The lowest BCUT2D eigenvalue weighted by Gasteiger charge is -1.89. The summed E-state index contributed by atoms with van der Waals surface area (Å²) < 4.78 is 0. The molecule has 1 atom stereocenters. The van der Waals surface area contributed by atoms with Crippen LogP contribution >= 0.6 is 0 Å². The first-order chi connectivity index (χ1) is 4.29. The van der Waals surface area contributed by atoms with E-state index in [-0.39, 0.29) is 0 Å². The zero-order valence-corrected chi connectivity index (χ0v) is 5.70.